The first-order valence-corrected chi connectivity index (χ1v) is 10.6. The lowest BCUT2D eigenvalue weighted by molar-refractivity contribution is -0.120. The van der Waals surface area contributed by atoms with Crippen LogP contribution in [0.25, 0.3) is 11.8 Å². The molecule has 1 N–H and O–H groups in total. The van der Waals surface area contributed by atoms with Crippen molar-refractivity contribution in [1.29, 1.82) is 0 Å². The molecule has 32 heavy (non-hydrogen) atoms. The molecular weight excluding hydrogens is 428 g/mol. The minimum Gasteiger partial charge on any atom is -0.304 e. The molecule has 1 aromatic carbocycles. The summed E-state index contributed by atoms with van der Waals surface area (Å²) < 4.78 is 1.91. The Morgan fingerprint density at radius 3 is 2.59 bits per heavy atom. The number of aryl methyl sites for hydroxylation is 2. The minimum atomic E-state index is -0.398. The fourth-order valence-electron chi connectivity index (χ4n) is 3.51. The molecule has 4 rings (SSSR count). The predicted octanol–water partition coefficient (Wildman–Crippen LogP) is 3.91. The van der Waals surface area contributed by atoms with E-state index in [4.69, 9.17) is 11.6 Å². The fraction of sp³-hybridized carbons (Fsp3) is 0.217. The summed E-state index contributed by atoms with van der Waals surface area (Å²) >= 11 is 5.93. The Labute approximate surface area is 191 Å². The number of imidazole rings is 1. The highest BCUT2D eigenvalue weighted by Crippen LogP contribution is 2.21. The number of benzene rings is 1. The topological polar surface area (TPSA) is 83.4 Å². The van der Waals surface area contributed by atoms with Crippen molar-refractivity contribution >= 4 is 35.3 Å². The van der Waals surface area contributed by atoms with Gasteiger partial charge in [-0.25, -0.2) is 14.8 Å². The Kier molecular flexibility index (Phi) is 6.23. The fourth-order valence-corrected chi connectivity index (χ4v) is 3.64. The maximum atomic E-state index is 12.8. The summed E-state index contributed by atoms with van der Waals surface area (Å²) in [5.41, 5.74) is 6.70. The number of hydrogen-bond donors (Lipinski definition) is 1. The number of aromatic nitrogens is 3. The van der Waals surface area contributed by atoms with Crippen LogP contribution in [0.1, 0.15) is 23.5 Å². The van der Waals surface area contributed by atoms with Crippen molar-refractivity contribution in [2.45, 2.75) is 20.3 Å². The standard InChI is InChI=1S/C23H23ClN6O2/c1-16-14-28(15-25-16)21-10-6-19(26-17(21)2)7-11-22(31)27-30-13-3-12-29(23(30)32)20-8-4-18(24)5-9-20/h4-11,14-15H,3,12-13H2,1-2H3,(H,27,31)/b11-7+. The van der Waals surface area contributed by atoms with E-state index in [9.17, 15) is 9.59 Å². The monoisotopic (exact) mass is 450 g/mol. The molecule has 3 amide bonds. The zero-order chi connectivity index (χ0) is 22.7. The zero-order valence-corrected chi connectivity index (χ0v) is 18.6. The van der Waals surface area contributed by atoms with Crippen LogP contribution in [0.3, 0.4) is 0 Å². The number of hydrazine groups is 1. The number of rotatable bonds is 5. The van der Waals surface area contributed by atoms with Crippen molar-refractivity contribution in [3.63, 3.8) is 0 Å². The third-order valence-corrected chi connectivity index (χ3v) is 5.34. The molecule has 0 bridgehead atoms. The molecule has 0 unspecified atom stereocenters. The second-order valence-electron chi connectivity index (χ2n) is 7.49. The van der Waals surface area contributed by atoms with Crippen LogP contribution in [0.15, 0.2) is 55.0 Å². The molecule has 1 aliphatic rings. The van der Waals surface area contributed by atoms with E-state index in [1.807, 2.05) is 36.7 Å². The van der Waals surface area contributed by atoms with Crippen LogP contribution < -0.4 is 10.3 Å². The van der Waals surface area contributed by atoms with Crippen LogP contribution in [-0.2, 0) is 4.79 Å². The number of carbonyl (C=O) groups excluding carboxylic acids is 2. The summed E-state index contributed by atoms with van der Waals surface area (Å²) in [6, 6.07) is 10.5. The number of amides is 3. The maximum Gasteiger partial charge on any atom is 0.343 e. The summed E-state index contributed by atoms with van der Waals surface area (Å²) in [5.74, 6) is -0.398. The second-order valence-corrected chi connectivity index (χ2v) is 7.92. The van der Waals surface area contributed by atoms with Gasteiger partial charge in [0.25, 0.3) is 5.91 Å². The van der Waals surface area contributed by atoms with E-state index in [-0.39, 0.29) is 6.03 Å². The lowest BCUT2D eigenvalue weighted by Gasteiger charge is -2.35. The molecule has 0 saturated carbocycles. The van der Waals surface area contributed by atoms with Crippen molar-refractivity contribution < 1.29 is 9.59 Å². The average Bonchev–Trinajstić information content (AvgIpc) is 3.20. The molecule has 1 aliphatic heterocycles. The summed E-state index contributed by atoms with van der Waals surface area (Å²) in [5, 5.41) is 1.93. The lowest BCUT2D eigenvalue weighted by atomic mass is 10.2. The van der Waals surface area contributed by atoms with E-state index in [0.717, 1.165) is 29.2 Å². The van der Waals surface area contributed by atoms with Crippen molar-refractivity contribution in [3.05, 3.63) is 77.1 Å². The van der Waals surface area contributed by atoms with Gasteiger partial charge in [-0.2, -0.15) is 0 Å². The Bertz CT molecular complexity index is 1170. The van der Waals surface area contributed by atoms with E-state index in [1.54, 1.807) is 41.6 Å². The van der Waals surface area contributed by atoms with Gasteiger partial charge in [0.2, 0.25) is 0 Å². The van der Waals surface area contributed by atoms with E-state index >= 15 is 0 Å². The molecule has 2 aromatic heterocycles. The second kappa shape index (κ2) is 9.23. The summed E-state index contributed by atoms with van der Waals surface area (Å²) in [6.07, 6.45) is 7.39. The highest BCUT2D eigenvalue weighted by molar-refractivity contribution is 6.30. The molecule has 0 radical (unpaired) electrons. The maximum absolute atomic E-state index is 12.8. The summed E-state index contributed by atoms with van der Waals surface area (Å²) in [6.45, 7) is 4.85. The first-order valence-electron chi connectivity index (χ1n) is 10.2. The van der Waals surface area contributed by atoms with Crippen molar-refractivity contribution in [1.82, 2.24) is 25.0 Å². The number of hydrogen-bond acceptors (Lipinski definition) is 4. The molecule has 0 spiro atoms. The van der Waals surface area contributed by atoms with Gasteiger partial charge in [0, 0.05) is 36.1 Å². The normalized spacial score (nSPS) is 14.3. The number of anilines is 1. The summed E-state index contributed by atoms with van der Waals surface area (Å²) in [4.78, 5) is 35.6. The van der Waals surface area contributed by atoms with Crippen LogP contribution in [0.4, 0.5) is 10.5 Å². The van der Waals surface area contributed by atoms with Gasteiger partial charge in [0.15, 0.2) is 0 Å². The van der Waals surface area contributed by atoms with Gasteiger partial charge in [0.05, 0.1) is 29.1 Å². The van der Waals surface area contributed by atoms with E-state index in [0.29, 0.717) is 23.8 Å². The van der Waals surface area contributed by atoms with Crippen LogP contribution in [0.5, 0.6) is 0 Å². The molecule has 1 saturated heterocycles. The number of nitrogens with one attached hydrogen (secondary N) is 1. The van der Waals surface area contributed by atoms with Gasteiger partial charge in [-0.15, -0.1) is 0 Å². The minimum absolute atomic E-state index is 0.283. The Morgan fingerprint density at radius 2 is 1.91 bits per heavy atom. The molecule has 3 heterocycles. The van der Waals surface area contributed by atoms with Crippen molar-refractivity contribution in [3.8, 4) is 5.69 Å². The molecule has 1 fully saturated rings. The average molecular weight is 451 g/mol. The number of pyridine rings is 1. The highest BCUT2D eigenvalue weighted by atomic mass is 35.5. The largest absolute Gasteiger partial charge is 0.343 e. The van der Waals surface area contributed by atoms with Gasteiger partial charge in [-0.05, 0) is 62.7 Å². The Morgan fingerprint density at radius 1 is 1.12 bits per heavy atom. The van der Waals surface area contributed by atoms with Crippen molar-refractivity contribution in [2.24, 2.45) is 0 Å². The first-order chi connectivity index (χ1) is 15.4. The Balaban J connectivity index is 1.40. The van der Waals surface area contributed by atoms with Crippen molar-refractivity contribution in [2.75, 3.05) is 18.0 Å². The molecular formula is C23H23ClN6O2. The predicted molar refractivity (Wildman–Crippen MR) is 124 cm³/mol. The van der Waals surface area contributed by atoms with E-state index in [2.05, 4.69) is 15.4 Å². The van der Waals surface area contributed by atoms with Crippen LogP contribution >= 0.6 is 11.6 Å². The van der Waals surface area contributed by atoms with Gasteiger partial charge in [0.1, 0.15) is 0 Å². The molecule has 0 aliphatic carbocycles. The molecule has 3 aromatic rings. The van der Waals surface area contributed by atoms with Crippen LogP contribution in [0, 0.1) is 13.8 Å². The quantitative estimate of drug-likeness (QED) is 0.597. The third kappa shape index (κ3) is 4.81. The van der Waals surface area contributed by atoms with Gasteiger partial charge in [-0.1, -0.05) is 11.6 Å². The van der Waals surface area contributed by atoms with Gasteiger partial charge < -0.3 is 4.57 Å². The third-order valence-electron chi connectivity index (χ3n) is 5.08. The zero-order valence-electron chi connectivity index (χ0n) is 17.8. The van der Waals surface area contributed by atoms with E-state index in [1.165, 1.54) is 11.1 Å². The SMILES string of the molecule is Cc1cn(-c2ccc(/C=C/C(=O)NN3CCCN(c4ccc(Cl)cc4)C3=O)nc2C)cn1. The number of urea groups is 1. The molecule has 9 heteroatoms. The highest BCUT2D eigenvalue weighted by Gasteiger charge is 2.27. The summed E-state index contributed by atoms with van der Waals surface area (Å²) in [7, 11) is 0. The molecule has 164 valence electrons. The van der Waals surface area contributed by atoms with E-state index < -0.39 is 5.91 Å². The lowest BCUT2D eigenvalue weighted by Crippen LogP contribution is -2.56. The van der Waals surface area contributed by atoms with Crippen LogP contribution in [0.2, 0.25) is 5.02 Å². The number of nitrogens with zero attached hydrogens (tertiary/aromatic N) is 5. The van der Waals surface area contributed by atoms with Gasteiger partial charge >= 0.3 is 6.03 Å². The van der Waals surface area contributed by atoms with Crippen LogP contribution in [-0.4, -0.2) is 44.6 Å². The smallest absolute Gasteiger partial charge is 0.304 e. The molecule has 8 nitrogen and oxygen atoms in total. The Hall–Kier alpha value is -3.65. The van der Waals surface area contributed by atoms with Gasteiger partial charge in [-0.3, -0.25) is 20.1 Å². The number of halogens is 1. The number of carbonyl (C=O) groups is 2. The molecule has 0 atom stereocenters. The first kappa shape index (κ1) is 21.6.